The highest BCUT2D eigenvalue weighted by Gasteiger charge is 2.25. The quantitative estimate of drug-likeness (QED) is 0.224. The summed E-state index contributed by atoms with van der Waals surface area (Å²) in [5, 5.41) is 17.6. The lowest BCUT2D eigenvalue weighted by Gasteiger charge is -2.11. The van der Waals surface area contributed by atoms with E-state index in [2.05, 4.69) is 36.1 Å². The third kappa shape index (κ3) is 4.72. The molecule has 1 amide bonds. The molecule has 2 heterocycles. The number of para-hydroxylation sites is 1. The molecule has 0 spiro atoms. The first-order chi connectivity index (χ1) is 17.6. The number of benzene rings is 3. The molecule has 2 aromatic heterocycles. The van der Waals surface area contributed by atoms with Gasteiger partial charge in [0, 0.05) is 40.0 Å². The van der Waals surface area contributed by atoms with Crippen LogP contribution in [0, 0.1) is 5.82 Å². The number of aromatic amines is 1. The zero-order valence-electron chi connectivity index (χ0n) is 19.1. The molecule has 0 saturated heterocycles. The average Bonchev–Trinajstić information content (AvgIpc) is 3.64. The number of halogens is 1. The molecule has 6 rings (SSSR count). The van der Waals surface area contributed by atoms with Crippen LogP contribution in [0.2, 0.25) is 0 Å². The number of nitrogens with zero attached hydrogens (tertiary/aromatic N) is 3. The van der Waals surface area contributed by atoms with E-state index in [1.165, 1.54) is 37.1 Å². The smallest absolute Gasteiger partial charge is 0.255 e. The van der Waals surface area contributed by atoms with Gasteiger partial charge in [-0.05, 0) is 73.5 Å². The highest BCUT2D eigenvalue weighted by atomic mass is 19.1. The zero-order valence-corrected chi connectivity index (χ0v) is 19.1. The Morgan fingerprint density at radius 2 is 1.64 bits per heavy atom. The standard InChI is InChI=1S/C27H22FN7O/c28-18-9-13-19(14-10-18)29-26(36)17-7-11-20(12-8-17)30-27-31-22-4-2-1-3-21(22)25(33-27)32-24-15-23(34-35-24)16-5-6-16/h1-4,7-16H,5-6H2,(H,29,36)(H3,30,31,32,33,34,35). The Hall–Kier alpha value is -4.79. The summed E-state index contributed by atoms with van der Waals surface area (Å²) in [6.07, 6.45) is 2.39. The summed E-state index contributed by atoms with van der Waals surface area (Å²) in [7, 11) is 0. The number of nitrogens with one attached hydrogen (secondary N) is 4. The summed E-state index contributed by atoms with van der Waals surface area (Å²) in [4.78, 5) is 21.8. The molecular formula is C27H22FN7O. The summed E-state index contributed by atoms with van der Waals surface area (Å²) in [5.74, 6) is 1.71. The predicted molar refractivity (Wildman–Crippen MR) is 137 cm³/mol. The number of rotatable bonds is 7. The molecule has 0 aliphatic heterocycles. The average molecular weight is 480 g/mol. The highest BCUT2D eigenvalue weighted by Crippen LogP contribution is 2.39. The van der Waals surface area contributed by atoms with Crippen LogP contribution < -0.4 is 16.0 Å². The minimum absolute atomic E-state index is 0.286. The van der Waals surface area contributed by atoms with Gasteiger partial charge in [0.05, 0.1) is 5.52 Å². The van der Waals surface area contributed by atoms with Crippen molar-refractivity contribution in [3.05, 3.63) is 95.9 Å². The van der Waals surface area contributed by atoms with Crippen LogP contribution in [0.15, 0.2) is 78.9 Å². The maximum absolute atomic E-state index is 13.1. The Labute approximate surface area is 206 Å². The predicted octanol–water partition coefficient (Wildman–Crippen LogP) is 6.11. The molecule has 178 valence electrons. The molecule has 1 aliphatic rings. The van der Waals surface area contributed by atoms with Gasteiger partial charge in [0.1, 0.15) is 11.6 Å². The number of amides is 1. The molecule has 4 N–H and O–H groups in total. The number of hydrogen-bond donors (Lipinski definition) is 4. The van der Waals surface area contributed by atoms with Crippen LogP contribution in [0.5, 0.6) is 0 Å². The second kappa shape index (κ2) is 9.10. The topological polar surface area (TPSA) is 108 Å². The van der Waals surface area contributed by atoms with Gasteiger partial charge < -0.3 is 16.0 Å². The van der Waals surface area contributed by atoms with E-state index in [-0.39, 0.29) is 11.7 Å². The molecule has 1 aliphatic carbocycles. The van der Waals surface area contributed by atoms with Crippen molar-refractivity contribution >= 4 is 45.8 Å². The van der Waals surface area contributed by atoms with Crippen LogP contribution in [0.1, 0.15) is 34.8 Å². The van der Waals surface area contributed by atoms with E-state index in [1.807, 2.05) is 30.3 Å². The zero-order chi connectivity index (χ0) is 24.5. The maximum atomic E-state index is 13.1. The first-order valence-corrected chi connectivity index (χ1v) is 11.6. The van der Waals surface area contributed by atoms with Crippen molar-refractivity contribution in [2.24, 2.45) is 0 Å². The van der Waals surface area contributed by atoms with E-state index >= 15 is 0 Å². The minimum Gasteiger partial charge on any atom is -0.324 e. The molecule has 36 heavy (non-hydrogen) atoms. The molecular weight excluding hydrogens is 457 g/mol. The Morgan fingerprint density at radius 3 is 2.42 bits per heavy atom. The lowest BCUT2D eigenvalue weighted by atomic mass is 10.2. The maximum Gasteiger partial charge on any atom is 0.255 e. The van der Waals surface area contributed by atoms with E-state index in [0.29, 0.717) is 34.8 Å². The van der Waals surface area contributed by atoms with Gasteiger partial charge in [-0.2, -0.15) is 10.1 Å². The third-order valence-corrected chi connectivity index (χ3v) is 5.97. The van der Waals surface area contributed by atoms with Crippen LogP contribution >= 0.6 is 0 Å². The summed E-state index contributed by atoms with van der Waals surface area (Å²) in [6.45, 7) is 0. The van der Waals surface area contributed by atoms with Gasteiger partial charge in [-0.15, -0.1) is 0 Å². The molecule has 0 bridgehead atoms. The molecule has 5 aromatic rings. The van der Waals surface area contributed by atoms with Gasteiger partial charge in [-0.3, -0.25) is 9.89 Å². The molecule has 9 heteroatoms. The number of hydrogen-bond acceptors (Lipinski definition) is 6. The fourth-order valence-corrected chi connectivity index (χ4v) is 3.92. The van der Waals surface area contributed by atoms with Gasteiger partial charge in [-0.25, -0.2) is 9.37 Å². The number of fused-ring (bicyclic) bond motifs is 1. The van der Waals surface area contributed by atoms with Crippen LogP contribution in [0.4, 0.5) is 33.3 Å². The van der Waals surface area contributed by atoms with Gasteiger partial charge in [0.15, 0.2) is 5.82 Å². The Kier molecular flexibility index (Phi) is 5.49. The fraction of sp³-hybridized carbons (Fsp3) is 0.111. The number of anilines is 5. The third-order valence-electron chi connectivity index (χ3n) is 5.97. The number of aromatic nitrogens is 4. The highest BCUT2D eigenvalue weighted by molar-refractivity contribution is 6.04. The largest absolute Gasteiger partial charge is 0.324 e. The normalized spacial score (nSPS) is 12.9. The fourth-order valence-electron chi connectivity index (χ4n) is 3.92. The molecule has 1 fully saturated rings. The first kappa shape index (κ1) is 21.7. The van der Waals surface area contributed by atoms with Crippen molar-refractivity contribution in [3.63, 3.8) is 0 Å². The van der Waals surface area contributed by atoms with Crippen molar-refractivity contribution in [2.45, 2.75) is 18.8 Å². The van der Waals surface area contributed by atoms with E-state index in [4.69, 9.17) is 0 Å². The number of carbonyl (C=O) groups excluding carboxylic acids is 1. The van der Waals surface area contributed by atoms with Gasteiger partial charge >= 0.3 is 0 Å². The van der Waals surface area contributed by atoms with Crippen LogP contribution in [-0.2, 0) is 0 Å². The molecule has 8 nitrogen and oxygen atoms in total. The van der Waals surface area contributed by atoms with Gasteiger partial charge in [0.2, 0.25) is 5.95 Å². The van der Waals surface area contributed by atoms with E-state index in [9.17, 15) is 9.18 Å². The molecule has 0 radical (unpaired) electrons. The van der Waals surface area contributed by atoms with E-state index < -0.39 is 0 Å². The van der Waals surface area contributed by atoms with Crippen LogP contribution in [0.25, 0.3) is 10.9 Å². The summed E-state index contributed by atoms with van der Waals surface area (Å²) < 4.78 is 13.1. The minimum atomic E-state index is -0.356. The molecule has 0 atom stereocenters. The lowest BCUT2D eigenvalue weighted by molar-refractivity contribution is 0.102. The van der Waals surface area contributed by atoms with Crippen molar-refractivity contribution in [1.29, 1.82) is 0 Å². The van der Waals surface area contributed by atoms with Crippen molar-refractivity contribution < 1.29 is 9.18 Å². The molecule has 0 unspecified atom stereocenters. The molecule has 1 saturated carbocycles. The van der Waals surface area contributed by atoms with Crippen LogP contribution in [-0.4, -0.2) is 26.1 Å². The number of carbonyl (C=O) groups is 1. The SMILES string of the molecule is O=C(Nc1ccc(F)cc1)c1ccc(Nc2nc(Nc3cc(C4CC4)[nH]n3)c3ccccc3n2)cc1. The monoisotopic (exact) mass is 479 g/mol. The Bertz CT molecular complexity index is 1540. The number of H-pyrrole nitrogens is 1. The summed E-state index contributed by atoms with van der Waals surface area (Å²) in [5.41, 5.74) is 3.64. The molecule has 3 aromatic carbocycles. The summed E-state index contributed by atoms with van der Waals surface area (Å²) >= 11 is 0. The van der Waals surface area contributed by atoms with Crippen molar-refractivity contribution in [3.8, 4) is 0 Å². The van der Waals surface area contributed by atoms with E-state index in [0.717, 1.165) is 22.3 Å². The lowest BCUT2D eigenvalue weighted by Crippen LogP contribution is -2.11. The van der Waals surface area contributed by atoms with Crippen molar-refractivity contribution in [1.82, 2.24) is 20.2 Å². The van der Waals surface area contributed by atoms with E-state index in [1.54, 1.807) is 24.3 Å². The summed E-state index contributed by atoms with van der Waals surface area (Å²) in [6, 6.07) is 22.4. The van der Waals surface area contributed by atoms with Crippen molar-refractivity contribution in [2.75, 3.05) is 16.0 Å². The Balaban J connectivity index is 1.20. The Morgan fingerprint density at radius 1 is 0.889 bits per heavy atom. The van der Waals surface area contributed by atoms with Gasteiger partial charge in [0.25, 0.3) is 5.91 Å². The first-order valence-electron chi connectivity index (χ1n) is 11.6. The second-order valence-electron chi connectivity index (χ2n) is 8.68. The van der Waals surface area contributed by atoms with Gasteiger partial charge in [-0.1, -0.05) is 12.1 Å². The van der Waals surface area contributed by atoms with Crippen LogP contribution in [0.3, 0.4) is 0 Å². The second-order valence-corrected chi connectivity index (χ2v) is 8.68.